The summed E-state index contributed by atoms with van der Waals surface area (Å²) in [4.78, 5) is 5.56. The molecule has 3 nitrogen and oxygen atoms in total. The van der Waals surface area contributed by atoms with Crippen LogP contribution < -0.4 is 5.73 Å². The van der Waals surface area contributed by atoms with E-state index >= 15 is 0 Å². The summed E-state index contributed by atoms with van der Waals surface area (Å²) in [6.07, 6.45) is 11.0. The maximum atomic E-state index is 6.31. The lowest BCUT2D eigenvalue weighted by atomic mass is 9.79. The molecule has 0 saturated carbocycles. The van der Waals surface area contributed by atoms with Gasteiger partial charge in [-0.3, -0.25) is 4.90 Å². The van der Waals surface area contributed by atoms with Crippen molar-refractivity contribution >= 4 is 0 Å². The van der Waals surface area contributed by atoms with Gasteiger partial charge in [-0.15, -0.1) is 0 Å². The van der Waals surface area contributed by atoms with E-state index in [1.807, 2.05) is 0 Å². The van der Waals surface area contributed by atoms with E-state index in [1.54, 1.807) is 0 Å². The highest BCUT2D eigenvalue weighted by atomic mass is 15.3. The summed E-state index contributed by atoms with van der Waals surface area (Å²) in [5, 5.41) is 0. The van der Waals surface area contributed by atoms with Crippen molar-refractivity contribution in [3.05, 3.63) is 0 Å². The van der Waals surface area contributed by atoms with Gasteiger partial charge in [0, 0.05) is 30.7 Å². The topological polar surface area (TPSA) is 32.5 Å². The lowest BCUT2D eigenvalue weighted by Crippen LogP contribution is -2.64. The van der Waals surface area contributed by atoms with Gasteiger partial charge in [0.1, 0.15) is 0 Å². The maximum Gasteiger partial charge on any atom is 0.0361 e. The highest BCUT2D eigenvalue weighted by molar-refractivity contribution is 5.04. The maximum absolute atomic E-state index is 6.31. The molecular formula is C16H31N3. The zero-order chi connectivity index (χ0) is 13.3. The van der Waals surface area contributed by atoms with E-state index in [4.69, 9.17) is 5.73 Å². The Bertz CT molecular complexity index is 306. The molecule has 0 aromatic heterocycles. The monoisotopic (exact) mass is 265 g/mol. The largest absolute Gasteiger partial charge is 0.329 e. The molecule has 3 atom stereocenters. The van der Waals surface area contributed by atoms with Crippen molar-refractivity contribution < 1.29 is 0 Å². The van der Waals surface area contributed by atoms with Crippen molar-refractivity contribution in [1.29, 1.82) is 0 Å². The quantitative estimate of drug-likeness (QED) is 0.849. The van der Waals surface area contributed by atoms with Crippen LogP contribution in [0, 0.1) is 0 Å². The molecule has 0 aromatic rings. The van der Waals surface area contributed by atoms with Crippen molar-refractivity contribution in [2.45, 2.75) is 75.9 Å². The van der Waals surface area contributed by atoms with E-state index in [-0.39, 0.29) is 0 Å². The van der Waals surface area contributed by atoms with Gasteiger partial charge in [-0.2, -0.15) is 0 Å². The molecule has 3 rings (SSSR count). The number of piperidine rings is 2. The summed E-state index contributed by atoms with van der Waals surface area (Å²) in [6, 6.07) is 1.63. The minimum Gasteiger partial charge on any atom is -0.329 e. The zero-order valence-electron chi connectivity index (χ0n) is 12.6. The second-order valence-electron chi connectivity index (χ2n) is 6.97. The fourth-order valence-corrected chi connectivity index (χ4v) is 4.93. The number of fused-ring (bicyclic) bond motifs is 1. The van der Waals surface area contributed by atoms with Crippen molar-refractivity contribution in [2.75, 3.05) is 26.2 Å². The molecule has 19 heavy (non-hydrogen) atoms. The molecule has 110 valence electrons. The third-order valence-electron chi connectivity index (χ3n) is 6.07. The number of hydrogen-bond donors (Lipinski definition) is 1. The van der Waals surface area contributed by atoms with Crippen molar-refractivity contribution in [3.63, 3.8) is 0 Å². The van der Waals surface area contributed by atoms with Crippen LogP contribution in [-0.4, -0.2) is 53.6 Å². The van der Waals surface area contributed by atoms with Gasteiger partial charge in [0.05, 0.1) is 0 Å². The smallest absolute Gasteiger partial charge is 0.0361 e. The first-order valence-electron chi connectivity index (χ1n) is 8.50. The molecule has 0 radical (unpaired) electrons. The average Bonchev–Trinajstić information content (AvgIpc) is 2.94. The molecule has 0 aromatic carbocycles. The Morgan fingerprint density at radius 3 is 2.79 bits per heavy atom. The first-order chi connectivity index (χ1) is 9.29. The molecule has 3 heteroatoms. The Balaban J connectivity index is 1.77. The number of likely N-dealkylation sites (tertiary alicyclic amines) is 1. The molecule has 3 aliphatic heterocycles. The molecule has 3 heterocycles. The molecule has 0 aliphatic carbocycles. The summed E-state index contributed by atoms with van der Waals surface area (Å²) in [5.74, 6) is 0. The number of rotatable bonds is 3. The van der Waals surface area contributed by atoms with Gasteiger partial charge in [-0.25, -0.2) is 0 Å². The molecule has 3 unspecified atom stereocenters. The zero-order valence-corrected chi connectivity index (χ0v) is 12.6. The van der Waals surface area contributed by atoms with Crippen molar-refractivity contribution in [3.8, 4) is 0 Å². The third-order valence-corrected chi connectivity index (χ3v) is 6.07. The second kappa shape index (κ2) is 5.71. The Hall–Kier alpha value is -0.120. The first kappa shape index (κ1) is 13.8. The predicted molar refractivity (Wildman–Crippen MR) is 80.3 cm³/mol. The average molecular weight is 265 g/mol. The predicted octanol–water partition coefficient (Wildman–Crippen LogP) is 2.21. The molecular weight excluding hydrogens is 234 g/mol. The van der Waals surface area contributed by atoms with Gasteiger partial charge < -0.3 is 10.6 Å². The lowest BCUT2D eigenvalue weighted by Gasteiger charge is -2.54. The van der Waals surface area contributed by atoms with Crippen molar-refractivity contribution in [1.82, 2.24) is 9.80 Å². The van der Waals surface area contributed by atoms with E-state index in [1.165, 1.54) is 71.0 Å². The first-order valence-corrected chi connectivity index (χ1v) is 8.50. The molecule has 0 amide bonds. The van der Waals surface area contributed by atoms with E-state index in [0.717, 1.165) is 18.6 Å². The summed E-state index contributed by atoms with van der Waals surface area (Å²) in [5.41, 5.74) is 6.63. The van der Waals surface area contributed by atoms with Gasteiger partial charge >= 0.3 is 0 Å². The van der Waals surface area contributed by atoms with Crippen LogP contribution in [-0.2, 0) is 0 Å². The third kappa shape index (κ3) is 2.45. The van der Waals surface area contributed by atoms with E-state index < -0.39 is 0 Å². The molecule has 3 aliphatic rings. The normalized spacial score (nSPS) is 41.4. The van der Waals surface area contributed by atoms with Crippen LogP contribution in [0.15, 0.2) is 0 Å². The van der Waals surface area contributed by atoms with Crippen LogP contribution in [0.5, 0.6) is 0 Å². The van der Waals surface area contributed by atoms with Gasteiger partial charge in [0.25, 0.3) is 0 Å². The van der Waals surface area contributed by atoms with Gasteiger partial charge in [-0.05, 0) is 58.0 Å². The molecule has 0 bridgehead atoms. The highest BCUT2D eigenvalue weighted by Gasteiger charge is 2.46. The number of hydrogen-bond acceptors (Lipinski definition) is 3. The van der Waals surface area contributed by atoms with Crippen LogP contribution in [0.4, 0.5) is 0 Å². The van der Waals surface area contributed by atoms with Crippen LogP contribution in [0.1, 0.15) is 58.3 Å². The van der Waals surface area contributed by atoms with Crippen LogP contribution in [0.3, 0.4) is 0 Å². The number of nitrogens with zero attached hydrogens (tertiary/aromatic N) is 2. The number of nitrogens with two attached hydrogens (primary N) is 1. The van der Waals surface area contributed by atoms with Gasteiger partial charge in [0.15, 0.2) is 0 Å². The summed E-state index contributed by atoms with van der Waals surface area (Å²) < 4.78 is 0. The van der Waals surface area contributed by atoms with E-state index in [2.05, 4.69) is 16.7 Å². The fourth-order valence-electron chi connectivity index (χ4n) is 4.93. The second-order valence-corrected chi connectivity index (χ2v) is 6.97. The van der Waals surface area contributed by atoms with Crippen LogP contribution >= 0.6 is 0 Å². The van der Waals surface area contributed by atoms with Gasteiger partial charge in [0.2, 0.25) is 0 Å². The molecule has 3 saturated heterocycles. The van der Waals surface area contributed by atoms with Crippen LogP contribution in [0.2, 0.25) is 0 Å². The van der Waals surface area contributed by atoms with E-state index in [0.29, 0.717) is 5.54 Å². The fraction of sp³-hybridized carbons (Fsp3) is 1.00. The van der Waals surface area contributed by atoms with Crippen molar-refractivity contribution in [2.24, 2.45) is 5.73 Å². The lowest BCUT2D eigenvalue weighted by molar-refractivity contribution is -0.0329. The Morgan fingerprint density at radius 2 is 2.00 bits per heavy atom. The SMILES string of the molecule is CCC1CCCCN1C1(CN)CCN2CCCC2C1. The standard InChI is InChI=1S/C16H31N3/c1-2-14-6-3-4-10-19(14)16(13-17)8-11-18-9-5-7-15(18)12-16/h14-15H,2-13,17H2,1H3. The Labute approximate surface area is 118 Å². The minimum atomic E-state index is 0.326. The highest BCUT2D eigenvalue weighted by Crippen LogP contribution is 2.39. The molecule has 0 spiro atoms. The van der Waals surface area contributed by atoms with Crippen LogP contribution in [0.25, 0.3) is 0 Å². The minimum absolute atomic E-state index is 0.326. The summed E-state index contributed by atoms with van der Waals surface area (Å²) in [7, 11) is 0. The Kier molecular flexibility index (Phi) is 4.16. The van der Waals surface area contributed by atoms with Gasteiger partial charge in [-0.1, -0.05) is 13.3 Å². The van der Waals surface area contributed by atoms with E-state index in [9.17, 15) is 0 Å². The summed E-state index contributed by atoms with van der Waals surface area (Å²) in [6.45, 7) is 7.14. The Morgan fingerprint density at radius 1 is 1.11 bits per heavy atom. The molecule has 2 N–H and O–H groups in total. The summed E-state index contributed by atoms with van der Waals surface area (Å²) >= 11 is 0. The molecule has 3 fully saturated rings.